The largest absolute Gasteiger partial charge is 0.337 e. The summed E-state index contributed by atoms with van der Waals surface area (Å²) in [4.78, 5) is 17.8. The van der Waals surface area contributed by atoms with Crippen LogP contribution in [0.3, 0.4) is 0 Å². The zero-order chi connectivity index (χ0) is 19.0. The number of likely N-dealkylation sites (tertiary alicyclic amines) is 1. The summed E-state index contributed by atoms with van der Waals surface area (Å²) in [5.41, 5.74) is 1.48. The molecule has 2 aromatic rings. The molecule has 0 aliphatic carbocycles. The lowest BCUT2D eigenvalue weighted by atomic mass is 10.3. The van der Waals surface area contributed by atoms with Crippen molar-refractivity contribution in [2.75, 3.05) is 13.1 Å². The standard InChI is InChI=1S/C18H21FN4O3S/c19-14-5-1-2-6-17(14)27(25,26)23-10-4-9-22-13-20-15(16(22)12-23)11-21-8-3-7-18(21)24/h1-2,5-6,13H,3-4,7-12H2. The van der Waals surface area contributed by atoms with E-state index in [2.05, 4.69) is 4.98 Å². The first-order valence-electron chi connectivity index (χ1n) is 9.02. The van der Waals surface area contributed by atoms with Crippen molar-refractivity contribution >= 4 is 15.9 Å². The third-order valence-corrected chi connectivity index (χ3v) is 7.01. The van der Waals surface area contributed by atoms with Crippen molar-refractivity contribution in [3.8, 4) is 0 Å². The van der Waals surface area contributed by atoms with Crippen LogP contribution in [-0.2, 0) is 34.5 Å². The molecule has 0 saturated carbocycles. The van der Waals surface area contributed by atoms with Crippen LogP contribution in [0.15, 0.2) is 35.5 Å². The molecule has 0 spiro atoms. The number of halogens is 1. The minimum Gasteiger partial charge on any atom is -0.337 e. The Labute approximate surface area is 157 Å². The molecule has 1 fully saturated rings. The third kappa shape index (κ3) is 3.37. The van der Waals surface area contributed by atoms with Crippen LogP contribution < -0.4 is 0 Å². The van der Waals surface area contributed by atoms with E-state index in [0.717, 1.165) is 18.2 Å². The van der Waals surface area contributed by atoms with E-state index in [4.69, 9.17) is 0 Å². The Morgan fingerprint density at radius 2 is 1.93 bits per heavy atom. The molecule has 7 nitrogen and oxygen atoms in total. The Morgan fingerprint density at radius 3 is 2.67 bits per heavy atom. The van der Waals surface area contributed by atoms with Gasteiger partial charge in [-0.15, -0.1) is 0 Å². The second-order valence-electron chi connectivity index (χ2n) is 6.87. The van der Waals surface area contributed by atoms with Crippen LogP contribution in [0.4, 0.5) is 4.39 Å². The monoisotopic (exact) mass is 392 g/mol. The Bertz CT molecular complexity index is 973. The number of nitrogens with zero attached hydrogens (tertiary/aromatic N) is 4. The van der Waals surface area contributed by atoms with E-state index in [1.54, 1.807) is 11.2 Å². The lowest BCUT2D eigenvalue weighted by Crippen LogP contribution is -2.32. The van der Waals surface area contributed by atoms with E-state index in [0.29, 0.717) is 44.7 Å². The maximum absolute atomic E-state index is 14.1. The molecule has 0 unspecified atom stereocenters. The first-order chi connectivity index (χ1) is 13.0. The van der Waals surface area contributed by atoms with Crippen LogP contribution in [0.1, 0.15) is 30.7 Å². The number of fused-ring (bicyclic) bond motifs is 1. The summed E-state index contributed by atoms with van der Waals surface area (Å²) >= 11 is 0. The number of aromatic nitrogens is 2. The average Bonchev–Trinajstić information content (AvgIpc) is 3.14. The minimum absolute atomic E-state index is 0.0983. The summed E-state index contributed by atoms with van der Waals surface area (Å²) < 4.78 is 43.3. The molecule has 1 amide bonds. The van der Waals surface area contributed by atoms with E-state index >= 15 is 0 Å². The molecule has 0 bridgehead atoms. The van der Waals surface area contributed by atoms with Crippen LogP contribution in [0.2, 0.25) is 0 Å². The molecule has 1 saturated heterocycles. The zero-order valence-corrected chi connectivity index (χ0v) is 15.7. The predicted octanol–water partition coefficient (Wildman–Crippen LogP) is 1.74. The van der Waals surface area contributed by atoms with Gasteiger partial charge in [-0.05, 0) is 25.0 Å². The number of amides is 1. The molecule has 0 N–H and O–H groups in total. The van der Waals surface area contributed by atoms with Gasteiger partial charge in [0.2, 0.25) is 15.9 Å². The summed E-state index contributed by atoms with van der Waals surface area (Å²) in [7, 11) is -3.95. The highest BCUT2D eigenvalue weighted by Gasteiger charge is 2.31. The fraction of sp³-hybridized carbons (Fsp3) is 0.444. The lowest BCUT2D eigenvalue weighted by Gasteiger charge is -2.21. The molecule has 1 aromatic heterocycles. The molecule has 2 aliphatic rings. The van der Waals surface area contributed by atoms with E-state index in [-0.39, 0.29) is 17.3 Å². The second-order valence-corrected chi connectivity index (χ2v) is 8.78. The normalized spacial score (nSPS) is 18.6. The van der Waals surface area contributed by atoms with Crippen molar-refractivity contribution in [2.24, 2.45) is 0 Å². The van der Waals surface area contributed by atoms with E-state index < -0.39 is 15.8 Å². The fourth-order valence-corrected chi connectivity index (χ4v) is 5.17. The number of sulfonamides is 1. The van der Waals surface area contributed by atoms with Crippen molar-refractivity contribution in [3.63, 3.8) is 0 Å². The van der Waals surface area contributed by atoms with Crippen LogP contribution in [0.5, 0.6) is 0 Å². The number of benzene rings is 1. The van der Waals surface area contributed by atoms with Gasteiger partial charge in [-0.2, -0.15) is 4.31 Å². The molecule has 144 valence electrons. The number of hydrogen-bond donors (Lipinski definition) is 0. The summed E-state index contributed by atoms with van der Waals surface area (Å²) in [6.45, 7) is 2.14. The summed E-state index contributed by atoms with van der Waals surface area (Å²) in [6, 6.07) is 5.43. The van der Waals surface area contributed by atoms with Crippen LogP contribution >= 0.6 is 0 Å². The van der Waals surface area contributed by atoms with Gasteiger partial charge >= 0.3 is 0 Å². The Kier molecular flexibility index (Phi) is 4.73. The molecule has 2 aliphatic heterocycles. The molecule has 0 atom stereocenters. The molecule has 0 radical (unpaired) electrons. The van der Waals surface area contributed by atoms with Crippen molar-refractivity contribution in [1.82, 2.24) is 18.8 Å². The summed E-state index contributed by atoms with van der Waals surface area (Å²) in [5.74, 6) is -0.653. The summed E-state index contributed by atoms with van der Waals surface area (Å²) in [6.07, 6.45) is 3.69. The summed E-state index contributed by atoms with van der Waals surface area (Å²) in [5, 5.41) is 0. The average molecular weight is 392 g/mol. The Hall–Kier alpha value is -2.26. The topological polar surface area (TPSA) is 75.5 Å². The first-order valence-corrected chi connectivity index (χ1v) is 10.5. The second kappa shape index (κ2) is 7.05. The lowest BCUT2D eigenvalue weighted by molar-refractivity contribution is -0.128. The van der Waals surface area contributed by atoms with Gasteiger partial charge in [0.05, 0.1) is 30.8 Å². The molecular formula is C18H21FN4O3S. The van der Waals surface area contributed by atoms with Gasteiger partial charge in [0.25, 0.3) is 0 Å². The zero-order valence-electron chi connectivity index (χ0n) is 14.8. The van der Waals surface area contributed by atoms with E-state index in [9.17, 15) is 17.6 Å². The van der Waals surface area contributed by atoms with E-state index in [1.165, 1.54) is 22.5 Å². The van der Waals surface area contributed by atoms with Gasteiger partial charge in [-0.1, -0.05) is 12.1 Å². The first kappa shape index (κ1) is 18.1. The van der Waals surface area contributed by atoms with Crippen molar-refractivity contribution in [2.45, 2.75) is 43.8 Å². The maximum atomic E-state index is 14.1. The number of imidazole rings is 1. The minimum atomic E-state index is -3.95. The number of aryl methyl sites for hydroxylation is 1. The number of carbonyl (C=O) groups excluding carboxylic acids is 1. The van der Waals surface area contributed by atoms with Gasteiger partial charge < -0.3 is 9.47 Å². The van der Waals surface area contributed by atoms with Gasteiger partial charge in [-0.3, -0.25) is 4.79 Å². The highest BCUT2D eigenvalue weighted by Crippen LogP contribution is 2.25. The van der Waals surface area contributed by atoms with Gasteiger partial charge in [-0.25, -0.2) is 17.8 Å². The Morgan fingerprint density at radius 1 is 1.11 bits per heavy atom. The number of rotatable bonds is 4. The molecular weight excluding hydrogens is 371 g/mol. The van der Waals surface area contributed by atoms with Crippen molar-refractivity contribution < 1.29 is 17.6 Å². The van der Waals surface area contributed by atoms with Crippen LogP contribution in [0, 0.1) is 5.82 Å². The highest BCUT2D eigenvalue weighted by molar-refractivity contribution is 7.89. The van der Waals surface area contributed by atoms with Crippen molar-refractivity contribution in [3.05, 3.63) is 47.8 Å². The quantitative estimate of drug-likeness (QED) is 0.794. The highest BCUT2D eigenvalue weighted by atomic mass is 32.2. The maximum Gasteiger partial charge on any atom is 0.246 e. The fourth-order valence-electron chi connectivity index (χ4n) is 3.67. The molecule has 27 heavy (non-hydrogen) atoms. The number of hydrogen-bond acceptors (Lipinski definition) is 4. The van der Waals surface area contributed by atoms with Crippen molar-refractivity contribution in [1.29, 1.82) is 0 Å². The predicted molar refractivity (Wildman–Crippen MR) is 95.5 cm³/mol. The van der Waals surface area contributed by atoms with Gasteiger partial charge in [0, 0.05) is 26.1 Å². The van der Waals surface area contributed by atoms with Gasteiger partial charge in [0.15, 0.2) is 0 Å². The molecule has 1 aromatic carbocycles. The SMILES string of the molecule is O=C1CCCN1Cc1ncn2c1CN(S(=O)(=O)c1ccccc1F)CCC2. The molecule has 3 heterocycles. The van der Waals surface area contributed by atoms with E-state index in [1.807, 2.05) is 4.57 Å². The molecule has 4 rings (SSSR count). The van der Waals surface area contributed by atoms with Crippen LogP contribution in [0.25, 0.3) is 0 Å². The van der Waals surface area contributed by atoms with Crippen LogP contribution in [-0.4, -0.2) is 46.2 Å². The Balaban J connectivity index is 1.64. The molecule has 9 heteroatoms. The smallest absolute Gasteiger partial charge is 0.246 e. The third-order valence-electron chi connectivity index (χ3n) is 5.13. The van der Waals surface area contributed by atoms with Gasteiger partial charge in [0.1, 0.15) is 10.7 Å². The number of carbonyl (C=O) groups is 1.